The van der Waals surface area contributed by atoms with Gasteiger partial charge in [-0.25, -0.2) is 0 Å². The van der Waals surface area contributed by atoms with Crippen LogP contribution in [0.5, 0.6) is 0 Å². The highest BCUT2D eigenvalue weighted by atomic mass is 16.5. The molecule has 0 aliphatic carbocycles. The first kappa shape index (κ1) is 16.3. The highest BCUT2D eigenvalue weighted by Crippen LogP contribution is 2.21. The summed E-state index contributed by atoms with van der Waals surface area (Å²) in [6.07, 6.45) is 2.59. The third-order valence-electron chi connectivity index (χ3n) is 4.83. The Balaban J connectivity index is 1.49. The van der Waals surface area contributed by atoms with Crippen LogP contribution in [0.25, 0.3) is 0 Å². The summed E-state index contributed by atoms with van der Waals surface area (Å²) < 4.78 is 5.34. The molecule has 23 heavy (non-hydrogen) atoms. The Morgan fingerprint density at radius 1 is 1.13 bits per heavy atom. The molecule has 2 saturated heterocycles. The Bertz CT molecular complexity index is 504. The molecule has 1 aromatic carbocycles. The number of benzene rings is 1. The molecule has 3 rings (SSSR count). The van der Waals surface area contributed by atoms with Crippen LogP contribution in [0, 0.1) is 5.92 Å². The molecule has 2 fully saturated rings. The van der Waals surface area contributed by atoms with Crippen molar-refractivity contribution in [3.63, 3.8) is 0 Å². The predicted octanol–water partition coefficient (Wildman–Crippen LogP) is 2.19. The van der Waals surface area contributed by atoms with E-state index in [2.05, 4.69) is 34.3 Å². The summed E-state index contributed by atoms with van der Waals surface area (Å²) in [5.41, 5.74) is 2.13. The van der Waals surface area contributed by atoms with Crippen molar-refractivity contribution < 1.29 is 9.53 Å². The number of piperazine rings is 1. The number of likely N-dealkylation sites (N-methyl/N-ethyl adjacent to an activating group) is 1. The number of anilines is 2. The molecule has 126 valence electrons. The van der Waals surface area contributed by atoms with Crippen molar-refractivity contribution in [2.24, 2.45) is 5.92 Å². The summed E-state index contributed by atoms with van der Waals surface area (Å²) in [5.74, 6) is 0.581. The van der Waals surface area contributed by atoms with Crippen LogP contribution >= 0.6 is 0 Å². The lowest BCUT2D eigenvalue weighted by atomic mass is 9.96. The molecule has 2 heterocycles. The standard InChI is InChI=1S/C18H27N3O2/c1-20-8-10-21(11-9-20)17-4-2-16(3-5-17)19-18(22)14-15-6-12-23-13-7-15/h2-5,15H,6-14H2,1H3,(H,19,22). The highest BCUT2D eigenvalue weighted by Gasteiger charge is 2.18. The molecule has 0 bridgehead atoms. The second-order valence-corrected chi connectivity index (χ2v) is 6.65. The highest BCUT2D eigenvalue weighted by molar-refractivity contribution is 5.91. The molecule has 2 aliphatic rings. The quantitative estimate of drug-likeness (QED) is 0.925. The number of amides is 1. The molecule has 1 N–H and O–H groups in total. The smallest absolute Gasteiger partial charge is 0.224 e. The van der Waals surface area contributed by atoms with E-state index in [1.165, 1.54) is 5.69 Å². The van der Waals surface area contributed by atoms with Crippen molar-refractivity contribution in [2.75, 3.05) is 56.7 Å². The minimum absolute atomic E-state index is 0.115. The average Bonchev–Trinajstić information content (AvgIpc) is 2.57. The lowest BCUT2D eigenvalue weighted by molar-refractivity contribution is -0.117. The molecule has 0 unspecified atom stereocenters. The third-order valence-corrected chi connectivity index (χ3v) is 4.83. The second kappa shape index (κ2) is 7.79. The van der Waals surface area contributed by atoms with Gasteiger partial charge in [0, 0.05) is 57.2 Å². The number of rotatable bonds is 4. The van der Waals surface area contributed by atoms with Crippen LogP contribution in [0.15, 0.2) is 24.3 Å². The largest absolute Gasteiger partial charge is 0.381 e. The number of carbonyl (C=O) groups is 1. The van der Waals surface area contributed by atoms with E-state index in [0.717, 1.165) is 57.9 Å². The van der Waals surface area contributed by atoms with Crippen LogP contribution in [0.3, 0.4) is 0 Å². The van der Waals surface area contributed by atoms with E-state index in [1.807, 2.05) is 12.1 Å². The van der Waals surface area contributed by atoms with Crippen LogP contribution < -0.4 is 10.2 Å². The fourth-order valence-electron chi connectivity index (χ4n) is 3.24. The fraction of sp³-hybridized carbons (Fsp3) is 0.611. The zero-order chi connectivity index (χ0) is 16.1. The van der Waals surface area contributed by atoms with Crippen LogP contribution in [-0.2, 0) is 9.53 Å². The molecule has 0 spiro atoms. The first-order valence-electron chi connectivity index (χ1n) is 8.62. The third kappa shape index (κ3) is 4.69. The topological polar surface area (TPSA) is 44.8 Å². The van der Waals surface area contributed by atoms with Crippen molar-refractivity contribution in [1.82, 2.24) is 4.90 Å². The molecule has 1 amide bonds. The van der Waals surface area contributed by atoms with Gasteiger partial charge in [0.1, 0.15) is 0 Å². The molecular formula is C18H27N3O2. The summed E-state index contributed by atoms with van der Waals surface area (Å²) in [7, 11) is 2.16. The molecule has 0 saturated carbocycles. The first-order chi connectivity index (χ1) is 11.2. The van der Waals surface area contributed by atoms with Gasteiger partial charge < -0.3 is 19.9 Å². The molecule has 0 aromatic heterocycles. The Morgan fingerprint density at radius 3 is 2.43 bits per heavy atom. The van der Waals surface area contributed by atoms with Crippen molar-refractivity contribution in [1.29, 1.82) is 0 Å². The van der Waals surface area contributed by atoms with Crippen LogP contribution in [-0.4, -0.2) is 57.2 Å². The summed E-state index contributed by atoms with van der Waals surface area (Å²) in [6.45, 7) is 5.90. The van der Waals surface area contributed by atoms with Crippen molar-refractivity contribution in [3.05, 3.63) is 24.3 Å². The molecular weight excluding hydrogens is 290 g/mol. The lowest BCUT2D eigenvalue weighted by Gasteiger charge is -2.34. The number of nitrogens with one attached hydrogen (secondary N) is 1. The maximum absolute atomic E-state index is 12.1. The summed E-state index contributed by atoms with van der Waals surface area (Å²) in [4.78, 5) is 16.9. The van der Waals surface area contributed by atoms with Crippen molar-refractivity contribution in [3.8, 4) is 0 Å². The summed E-state index contributed by atoms with van der Waals surface area (Å²) >= 11 is 0. The number of carbonyl (C=O) groups excluding carboxylic acids is 1. The molecule has 5 nitrogen and oxygen atoms in total. The maximum atomic E-state index is 12.1. The normalized spacial score (nSPS) is 20.5. The van der Waals surface area contributed by atoms with Crippen molar-refractivity contribution >= 4 is 17.3 Å². The second-order valence-electron chi connectivity index (χ2n) is 6.65. The van der Waals surface area contributed by atoms with Gasteiger partial charge in [0.25, 0.3) is 0 Å². The zero-order valence-electron chi connectivity index (χ0n) is 14.0. The summed E-state index contributed by atoms with van der Waals surface area (Å²) in [6, 6.07) is 8.23. The Kier molecular flexibility index (Phi) is 5.51. The van der Waals surface area contributed by atoms with E-state index in [4.69, 9.17) is 4.74 Å². The van der Waals surface area contributed by atoms with E-state index in [-0.39, 0.29) is 5.91 Å². The van der Waals surface area contributed by atoms with E-state index in [9.17, 15) is 4.79 Å². The van der Waals surface area contributed by atoms with Gasteiger partial charge in [0.05, 0.1) is 0 Å². The number of hydrogen-bond acceptors (Lipinski definition) is 4. The van der Waals surface area contributed by atoms with Gasteiger partial charge in [0.15, 0.2) is 0 Å². The molecule has 2 aliphatic heterocycles. The van der Waals surface area contributed by atoms with Gasteiger partial charge in [-0.15, -0.1) is 0 Å². The number of hydrogen-bond donors (Lipinski definition) is 1. The van der Waals surface area contributed by atoms with Gasteiger partial charge in [-0.1, -0.05) is 0 Å². The summed E-state index contributed by atoms with van der Waals surface area (Å²) in [5, 5.41) is 3.02. The minimum Gasteiger partial charge on any atom is -0.381 e. The Labute approximate surface area is 138 Å². The van der Waals surface area contributed by atoms with E-state index >= 15 is 0 Å². The van der Waals surface area contributed by atoms with E-state index in [0.29, 0.717) is 12.3 Å². The van der Waals surface area contributed by atoms with Gasteiger partial charge in [0.2, 0.25) is 5.91 Å². The van der Waals surface area contributed by atoms with Gasteiger partial charge >= 0.3 is 0 Å². The molecule has 5 heteroatoms. The van der Waals surface area contributed by atoms with Crippen LogP contribution in [0.4, 0.5) is 11.4 Å². The van der Waals surface area contributed by atoms with Gasteiger partial charge in [-0.2, -0.15) is 0 Å². The average molecular weight is 317 g/mol. The molecule has 0 atom stereocenters. The van der Waals surface area contributed by atoms with Crippen LogP contribution in [0.2, 0.25) is 0 Å². The number of ether oxygens (including phenoxy) is 1. The van der Waals surface area contributed by atoms with Crippen molar-refractivity contribution in [2.45, 2.75) is 19.3 Å². The molecule has 1 aromatic rings. The first-order valence-corrected chi connectivity index (χ1v) is 8.62. The SMILES string of the molecule is CN1CCN(c2ccc(NC(=O)CC3CCOCC3)cc2)CC1. The zero-order valence-corrected chi connectivity index (χ0v) is 14.0. The molecule has 0 radical (unpaired) electrons. The Morgan fingerprint density at radius 2 is 1.78 bits per heavy atom. The number of nitrogens with zero attached hydrogens (tertiary/aromatic N) is 2. The maximum Gasteiger partial charge on any atom is 0.224 e. The predicted molar refractivity (Wildman–Crippen MR) is 92.9 cm³/mol. The lowest BCUT2D eigenvalue weighted by Crippen LogP contribution is -2.44. The van der Waals surface area contributed by atoms with Crippen LogP contribution in [0.1, 0.15) is 19.3 Å². The Hall–Kier alpha value is -1.59. The minimum atomic E-state index is 0.115. The van der Waals surface area contributed by atoms with Gasteiger partial charge in [-0.3, -0.25) is 4.79 Å². The fourth-order valence-corrected chi connectivity index (χ4v) is 3.24. The van der Waals surface area contributed by atoms with E-state index < -0.39 is 0 Å². The van der Waals surface area contributed by atoms with Gasteiger partial charge in [-0.05, 0) is 50.1 Å². The van der Waals surface area contributed by atoms with E-state index in [1.54, 1.807) is 0 Å². The monoisotopic (exact) mass is 317 g/mol.